The summed E-state index contributed by atoms with van der Waals surface area (Å²) >= 11 is 0. The molecule has 2 aliphatic heterocycles. The highest BCUT2D eigenvalue weighted by molar-refractivity contribution is 7.90. The van der Waals surface area contributed by atoms with Crippen LogP contribution < -0.4 is 9.64 Å². The highest BCUT2D eigenvalue weighted by Gasteiger charge is 2.51. The minimum atomic E-state index is -3.16. The van der Waals surface area contributed by atoms with Gasteiger partial charge in [0.25, 0.3) is 0 Å². The predicted molar refractivity (Wildman–Crippen MR) is 116 cm³/mol. The Balaban J connectivity index is 1.33. The van der Waals surface area contributed by atoms with Crippen LogP contribution in [-0.4, -0.2) is 70.2 Å². The van der Waals surface area contributed by atoms with Gasteiger partial charge in [-0.2, -0.15) is 4.31 Å². The Labute approximate surface area is 180 Å². The number of anilines is 1. The predicted octanol–water partition coefficient (Wildman–Crippen LogP) is 2.17. The molecule has 1 aliphatic carbocycles. The number of nitrogens with zero attached hydrogens (tertiary/aromatic N) is 5. The number of pyridine rings is 2. The van der Waals surface area contributed by atoms with Crippen LogP contribution in [0.3, 0.4) is 0 Å². The Hall–Kier alpha value is -2.72. The fraction of sp³-hybridized carbons (Fsp3) is 0.476. The second-order valence-corrected chi connectivity index (χ2v) is 10.7. The molecule has 5 heterocycles. The standard InChI is InChI=1S/C21H24N6O3S/c1-30-18-10-13(6-8-22-18)20-24-19-17(7-9-23-21(19)25-20)26-11-14-2-3-15(12-26)27(14)31(28,29)16-4-5-16/h6-10,14-16H,2-5,11-12H2,1H3,(H,23,24,25). The normalized spacial score (nSPS) is 24.1. The topological polar surface area (TPSA) is 104 Å². The molecular weight excluding hydrogens is 416 g/mol. The van der Waals surface area contributed by atoms with Crippen LogP contribution in [0.1, 0.15) is 25.7 Å². The van der Waals surface area contributed by atoms with Crippen molar-refractivity contribution >= 4 is 26.9 Å². The lowest BCUT2D eigenvalue weighted by Crippen LogP contribution is -2.56. The second kappa shape index (κ2) is 6.89. The first-order valence-corrected chi connectivity index (χ1v) is 12.2. The monoisotopic (exact) mass is 440 g/mol. The van der Waals surface area contributed by atoms with Gasteiger partial charge in [0.05, 0.1) is 18.0 Å². The molecule has 9 nitrogen and oxygen atoms in total. The van der Waals surface area contributed by atoms with Crippen molar-refractivity contribution in [2.75, 3.05) is 25.1 Å². The van der Waals surface area contributed by atoms with Crippen LogP contribution in [0.15, 0.2) is 30.6 Å². The summed E-state index contributed by atoms with van der Waals surface area (Å²) in [5, 5.41) is -0.151. The SMILES string of the molecule is COc1cc(-c2nc3nccc(N4CC5CCC(C4)N5S(=O)(=O)C4CC4)c3[nH]2)ccn1. The van der Waals surface area contributed by atoms with E-state index in [4.69, 9.17) is 4.74 Å². The summed E-state index contributed by atoms with van der Waals surface area (Å²) in [6, 6.07) is 5.78. The first kappa shape index (κ1) is 19.0. The zero-order chi connectivity index (χ0) is 21.2. The van der Waals surface area contributed by atoms with Crippen molar-refractivity contribution < 1.29 is 13.2 Å². The number of aromatic nitrogens is 4. The van der Waals surface area contributed by atoms with E-state index in [0.717, 1.165) is 42.5 Å². The van der Waals surface area contributed by atoms with E-state index in [9.17, 15) is 8.42 Å². The summed E-state index contributed by atoms with van der Waals surface area (Å²) in [7, 11) is -1.57. The van der Waals surface area contributed by atoms with Crippen LogP contribution in [0.4, 0.5) is 5.69 Å². The van der Waals surface area contributed by atoms with E-state index in [-0.39, 0.29) is 17.3 Å². The first-order valence-electron chi connectivity index (χ1n) is 10.7. The molecule has 1 N–H and O–H groups in total. The average molecular weight is 441 g/mol. The van der Waals surface area contributed by atoms with Gasteiger partial charge in [-0.15, -0.1) is 0 Å². The minimum absolute atomic E-state index is 0.0411. The van der Waals surface area contributed by atoms with Gasteiger partial charge in [-0.3, -0.25) is 0 Å². The fourth-order valence-corrected chi connectivity index (χ4v) is 7.23. The number of H-pyrrole nitrogens is 1. The number of imidazole rings is 1. The van der Waals surface area contributed by atoms with E-state index in [1.165, 1.54) is 0 Å². The van der Waals surface area contributed by atoms with E-state index < -0.39 is 10.0 Å². The van der Waals surface area contributed by atoms with E-state index in [2.05, 4.69) is 24.8 Å². The van der Waals surface area contributed by atoms with Crippen LogP contribution in [-0.2, 0) is 10.0 Å². The third kappa shape index (κ3) is 3.08. The molecule has 31 heavy (non-hydrogen) atoms. The van der Waals surface area contributed by atoms with Crippen molar-refractivity contribution in [3.8, 4) is 17.3 Å². The fourth-order valence-electron chi connectivity index (χ4n) is 4.98. The maximum atomic E-state index is 12.9. The molecule has 162 valence electrons. The number of rotatable bonds is 5. The summed E-state index contributed by atoms with van der Waals surface area (Å²) < 4.78 is 32.9. The molecule has 1 saturated carbocycles. The molecule has 3 aromatic rings. The Bertz CT molecular complexity index is 1240. The number of methoxy groups -OCH3 is 1. The number of aromatic amines is 1. The zero-order valence-electron chi connectivity index (χ0n) is 17.2. The van der Waals surface area contributed by atoms with E-state index in [1.807, 2.05) is 22.5 Å². The Morgan fingerprint density at radius 1 is 1.06 bits per heavy atom. The molecule has 2 bridgehead atoms. The summed E-state index contributed by atoms with van der Waals surface area (Å²) in [5.74, 6) is 1.23. The first-order chi connectivity index (χ1) is 15.0. The summed E-state index contributed by atoms with van der Waals surface area (Å²) in [6.07, 6.45) is 6.92. The number of ether oxygens (including phenoxy) is 1. The number of sulfonamides is 1. The van der Waals surface area contributed by atoms with Gasteiger partial charge in [-0.25, -0.2) is 23.4 Å². The van der Waals surface area contributed by atoms with E-state index in [0.29, 0.717) is 30.4 Å². The second-order valence-electron chi connectivity index (χ2n) is 8.57. The third-order valence-corrected chi connectivity index (χ3v) is 9.08. The van der Waals surface area contributed by atoms with Crippen LogP contribution in [0.5, 0.6) is 5.88 Å². The van der Waals surface area contributed by atoms with Crippen molar-refractivity contribution in [2.45, 2.75) is 43.0 Å². The molecule has 0 aromatic carbocycles. The van der Waals surface area contributed by atoms with Gasteiger partial charge in [0.15, 0.2) is 5.65 Å². The number of nitrogens with one attached hydrogen (secondary N) is 1. The third-order valence-electron chi connectivity index (χ3n) is 6.58. The van der Waals surface area contributed by atoms with Crippen LogP contribution in [0.25, 0.3) is 22.6 Å². The van der Waals surface area contributed by atoms with Gasteiger partial charge in [-0.05, 0) is 37.8 Å². The highest BCUT2D eigenvalue weighted by atomic mass is 32.2. The lowest BCUT2D eigenvalue weighted by molar-refractivity contribution is 0.286. The molecule has 3 fully saturated rings. The van der Waals surface area contributed by atoms with Gasteiger partial charge in [-0.1, -0.05) is 0 Å². The maximum absolute atomic E-state index is 12.9. The lowest BCUT2D eigenvalue weighted by Gasteiger charge is -2.41. The average Bonchev–Trinajstić information content (AvgIpc) is 3.50. The van der Waals surface area contributed by atoms with Crippen LogP contribution in [0, 0.1) is 0 Å². The maximum Gasteiger partial charge on any atom is 0.217 e. The zero-order valence-corrected chi connectivity index (χ0v) is 18.0. The summed E-state index contributed by atoms with van der Waals surface area (Å²) in [6.45, 7) is 1.39. The van der Waals surface area contributed by atoms with Gasteiger partial charge < -0.3 is 14.6 Å². The number of hydrogen-bond donors (Lipinski definition) is 1. The summed E-state index contributed by atoms with van der Waals surface area (Å²) in [5.41, 5.74) is 3.40. The molecule has 10 heteroatoms. The smallest absolute Gasteiger partial charge is 0.217 e. The van der Waals surface area contributed by atoms with Gasteiger partial charge >= 0.3 is 0 Å². The Morgan fingerprint density at radius 2 is 1.81 bits per heavy atom. The molecule has 6 rings (SSSR count). The number of piperazine rings is 1. The minimum Gasteiger partial charge on any atom is -0.481 e. The summed E-state index contributed by atoms with van der Waals surface area (Å²) in [4.78, 5) is 19.0. The van der Waals surface area contributed by atoms with Crippen molar-refractivity contribution in [3.05, 3.63) is 30.6 Å². The number of fused-ring (bicyclic) bond motifs is 3. The van der Waals surface area contributed by atoms with Gasteiger partial charge in [0, 0.05) is 49.2 Å². The molecule has 3 aromatic heterocycles. The highest BCUT2D eigenvalue weighted by Crippen LogP contribution is 2.41. The largest absolute Gasteiger partial charge is 0.481 e. The molecule has 2 unspecified atom stereocenters. The molecule has 0 radical (unpaired) electrons. The van der Waals surface area contributed by atoms with Crippen molar-refractivity contribution in [3.63, 3.8) is 0 Å². The van der Waals surface area contributed by atoms with E-state index >= 15 is 0 Å². The van der Waals surface area contributed by atoms with Crippen molar-refractivity contribution in [2.24, 2.45) is 0 Å². The van der Waals surface area contributed by atoms with Crippen LogP contribution in [0.2, 0.25) is 0 Å². The van der Waals surface area contributed by atoms with Gasteiger partial charge in [0.1, 0.15) is 11.3 Å². The lowest BCUT2D eigenvalue weighted by atomic mass is 10.2. The van der Waals surface area contributed by atoms with Crippen LogP contribution >= 0.6 is 0 Å². The number of hydrogen-bond acceptors (Lipinski definition) is 7. The molecule has 3 aliphatic rings. The molecule has 2 atom stereocenters. The molecule has 0 amide bonds. The van der Waals surface area contributed by atoms with Crippen molar-refractivity contribution in [1.82, 2.24) is 24.2 Å². The Kier molecular flexibility index (Phi) is 4.23. The Morgan fingerprint density at radius 3 is 2.52 bits per heavy atom. The quantitative estimate of drug-likeness (QED) is 0.648. The molecular formula is C21H24N6O3S. The van der Waals surface area contributed by atoms with Gasteiger partial charge in [0.2, 0.25) is 15.9 Å². The van der Waals surface area contributed by atoms with Crippen molar-refractivity contribution in [1.29, 1.82) is 0 Å². The van der Waals surface area contributed by atoms with E-state index in [1.54, 1.807) is 19.5 Å². The molecule has 2 saturated heterocycles. The molecule has 0 spiro atoms.